The van der Waals surface area contributed by atoms with Gasteiger partial charge in [-0.05, 0) is 6.07 Å². The van der Waals surface area contributed by atoms with Gasteiger partial charge in [-0.25, -0.2) is 0 Å². The summed E-state index contributed by atoms with van der Waals surface area (Å²) in [5.74, 6) is 0. The molecule has 1 aromatic rings. The Balaban J connectivity index is 2.81. The van der Waals surface area contributed by atoms with Gasteiger partial charge in [0.05, 0.1) is 6.54 Å². The molecule has 0 saturated heterocycles. The van der Waals surface area contributed by atoms with Crippen molar-refractivity contribution in [3.8, 4) is 0 Å². The Kier molecular flexibility index (Phi) is 2.80. The number of allylic oxidation sites excluding steroid dienone is 1. The van der Waals surface area contributed by atoms with Crippen LogP contribution in [0.15, 0.2) is 23.3 Å². The Morgan fingerprint density at radius 1 is 1.62 bits per heavy atom. The third-order valence-corrected chi connectivity index (χ3v) is 1.52. The molecular formula is C7H6BrF3N2. The van der Waals surface area contributed by atoms with Crippen LogP contribution >= 0.6 is 15.9 Å². The second-order valence-electron chi connectivity index (χ2n) is 2.41. The fourth-order valence-electron chi connectivity index (χ4n) is 0.777. The topological polar surface area (TPSA) is 17.8 Å². The molecule has 0 radical (unpaired) electrons. The van der Waals surface area contributed by atoms with Gasteiger partial charge in [-0.3, -0.25) is 4.68 Å². The molecule has 2 nitrogen and oxygen atoms in total. The van der Waals surface area contributed by atoms with Gasteiger partial charge in [0.1, 0.15) is 0 Å². The van der Waals surface area contributed by atoms with Crippen LogP contribution in [0, 0.1) is 0 Å². The summed E-state index contributed by atoms with van der Waals surface area (Å²) in [6.07, 6.45) is -3.12. The fraction of sp³-hybridized carbons (Fsp3) is 0.286. The Labute approximate surface area is 81.2 Å². The first-order valence-corrected chi connectivity index (χ1v) is 4.13. The highest BCUT2D eigenvalue weighted by atomic mass is 79.9. The summed E-state index contributed by atoms with van der Waals surface area (Å²) in [4.78, 5) is 0. The first-order valence-electron chi connectivity index (χ1n) is 3.33. The van der Waals surface area contributed by atoms with Crippen molar-refractivity contribution in [2.75, 3.05) is 0 Å². The summed E-state index contributed by atoms with van der Waals surface area (Å²) in [7, 11) is 0. The highest BCUT2D eigenvalue weighted by Crippen LogP contribution is 2.27. The van der Waals surface area contributed by atoms with E-state index in [0.717, 1.165) is 6.07 Å². The molecule has 0 amide bonds. The first kappa shape index (κ1) is 10.3. The van der Waals surface area contributed by atoms with Crippen molar-refractivity contribution in [2.45, 2.75) is 12.7 Å². The lowest BCUT2D eigenvalue weighted by Gasteiger charge is -2.01. The van der Waals surface area contributed by atoms with E-state index in [9.17, 15) is 13.2 Å². The Morgan fingerprint density at radius 2 is 2.23 bits per heavy atom. The summed E-state index contributed by atoms with van der Waals surface area (Å²) in [6, 6.07) is 0.927. The van der Waals surface area contributed by atoms with E-state index >= 15 is 0 Å². The number of hydrogen-bond donors (Lipinski definition) is 0. The van der Waals surface area contributed by atoms with Gasteiger partial charge in [0.15, 0.2) is 5.69 Å². The van der Waals surface area contributed by atoms with Crippen molar-refractivity contribution >= 4 is 15.9 Å². The lowest BCUT2D eigenvalue weighted by molar-refractivity contribution is -0.141. The number of alkyl halides is 3. The van der Waals surface area contributed by atoms with Crippen LogP contribution in [-0.2, 0) is 12.7 Å². The maximum Gasteiger partial charge on any atom is 0.435 e. The van der Waals surface area contributed by atoms with Crippen molar-refractivity contribution in [1.82, 2.24) is 9.78 Å². The SMILES string of the molecule is C=C(Br)Cn1ccc(C(F)(F)F)n1. The highest BCUT2D eigenvalue weighted by Gasteiger charge is 2.33. The van der Waals surface area contributed by atoms with Gasteiger partial charge in [-0.1, -0.05) is 22.5 Å². The Hall–Kier alpha value is -0.780. The molecule has 0 N–H and O–H groups in total. The molecule has 1 heterocycles. The number of halogens is 4. The van der Waals surface area contributed by atoms with Crippen molar-refractivity contribution in [2.24, 2.45) is 0 Å². The average Bonchev–Trinajstić information content (AvgIpc) is 2.32. The van der Waals surface area contributed by atoms with E-state index in [1.165, 1.54) is 10.9 Å². The zero-order valence-electron chi connectivity index (χ0n) is 6.48. The molecule has 0 aromatic carbocycles. The van der Waals surface area contributed by atoms with E-state index in [0.29, 0.717) is 4.48 Å². The van der Waals surface area contributed by atoms with Gasteiger partial charge in [-0.2, -0.15) is 18.3 Å². The quantitative estimate of drug-likeness (QED) is 0.794. The van der Waals surface area contributed by atoms with Crippen LogP contribution in [0.25, 0.3) is 0 Å². The molecule has 0 saturated carbocycles. The fourth-order valence-corrected chi connectivity index (χ4v) is 1.03. The zero-order valence-corrected chi connectivity index (χ0v) is 8.06. The number of rotatable bonds is 2. The molecule has 1 aromatic heterocycles. The van der Waals surface area contributed by atoms with Gasteiger partial charge in [0.2, 0.25) is 0 Å². The highest BCUT2D eigenvalue weighted by molar-refractivity contribution is 9.11. The molecule has 0 bridgehead atoms. The molecule has 0 spiro atoms. The van der Waals surface area contributed by atoms with Crippen LogP contribution in [0.4, 0.5) is 13.2 Å². The number of nitrogens with zero attached hydrogens (tertiary/aromatic N) is 2. The summed E-state index contributed by atoms with van der Waals surface area (Å²) in [6.45, 7) is 3.73. The third kappa shape index (κ3) is 2.87. The van der Waals surface area contributed by atoms with Crippen molar-refractivity contribution in [3.63, 3.8) is 0 Å². The number of aromatic nitrogens is 2. The van der Waals surface area contributed by atoms with E-state index in [2.05, 4.69) is 27.6 Å². The van der Waals surface area contributed by atoms with E-state index in [-0.39, 0.29) is 6.54 Å². The van der Waals surface area contributed by atoms with Crippen molar-refractivity contribution in [3.05, 3.63) is 29.0 Å². The smallest absolute Gasteiger partial charge is 0.267 e. The Morgan fingerprint density at radius 3 is 2.62 bits per heavy atom. The van der Waals surface area contributed by atoms with E-state index < -0.39 is 11.9 Å². The maximum absolute atomic E-state index is 12.0. The van der Waals surface area contributed by atoms with Crippen molar-refractivity contribution in [1.29, 1.82) is 0 Å². The zero-order chi connectivity index (χ0) is 10.1. The molecular weight excluding hydrogens is 249 g/mol. The number of hydrogen-bond acceptors (Lipinski definition) is 1. The lowest BCUT2D eigenvalue weighted by Crippen LogP contribution is -2.07. The minimum absolute atomic E-state index is 0.232. The minimum Gasteiger partial charge on any atom is -0.267 e. The molecule has 0 unspecified atom stereocenters. The van der Waals surface area contributed by atoms with Gasteiger partial charge in [-0.15, -0.1) is 0 Å². The summed E-state index contributed by atoms with van der Waals surface area (Å²) in [5, 5.41) is 3.32. The standard InChI is InChI=1S/C7H6BrF3N2/c1-5(8)4-13-3-2-6(12-13)7(9,10)11/h2-3H,1,4H2. The van der Waals surface area contributed by atoms with Crippen LogP contribution in [0.1, 0.15) is 5.69 Å². The summed E-state index contributed by atoms with van der Waals surface area (Å²) in [5.41, 5.74) is -0.888. The summed E-state index contributed by atoms with van der Waals surface area (Å²) < 4.78 is 37.8. The predicted molar refractivity (Wildman–Crippen MR) is 45.3 cm³/mol. The molecule has 13 heavy (non-hydrogen) atoms. The monoisotopic (exact) mass is 254 g/mol. The van der Waals surface area contributed by atoms with Crippen LogP contribution in [-0.4, -0.2) is 9.78 Å². The van der Waals surface area contributed by atoms with E-state index in [1.54, 1.807) is 0 Å². The van der Waals surface area contributed by atoms with Crippen LogP contribution < -0.4 is 0 Å². The van der Waals surface area contributed by atoms with Crippen LogP contribution in [0.5, 0.6) is 0 Å². The van der Waals surface area contributed by atoms with Gasteiger partial charge in [0, 0.05) is 10.7 Å². The minimum atomic E-state index is -4.38. The molecule has 0 atom stereocenters. The molecule has 0 aliphatic heterocycles. The molecule has 0 aliphatic carbocycles. The van der Waals surface area contributed by atoms with Gasteiger partial charge < -0.3 is 0 Å². The third-order valence-electron chi connectivity index (χ3n) is 1.26. The molecule has 6 heteroatoms. The molecule has 1 rings (SSSR count). The Bertz CT molecular complexity index is 316. The molecule has 0 fully saturated rings. The van der Waals surface area contributed by atoms with Crippen LogP contribution in [0.2, 0.25) is 0 Å². The first-order chi connectivity index (χ1) is 5.89. The average molecular weight is 255 g/mol. The van der Waals surface area contributed by atoms with Gasteiger partial charge in [0.25, 0.3) is 0 Å². The van der Waals surface area contributed by atoms with Gasteiger partial charge >= 0.3 is 6.18 Å². The maximum atomic E-state index is 12.0. The molecule has 72 valence electrons. The second-order valence-corrected chi connectivity index (χ2v) is 3.54. The lowest BCUT2D eigenvalue weighted by atomic mass is 10.4. The van der Waals surface area contributed by atoms with E-state index in [4.69, 9.17) is 0 Å². The normalized spacial score (nSPS) is 11.7. The van der Waals surface area contributed by atoms with Crippen LogP contribution in [0.3, 0.4) is 0 Å². The largest absolute Gasteiger partial charge is 0.435 e. The van der Waals surface area contributed by atoms with E-state index in [1.807, 2.05) is 0 Å². The predicted octanol–water partition coefficient (Wildman–Crippen LogP) is 2.81. The van der Waals surface area contributed by atoms with Crippen molar-refractivity contribution < 1.29 is 13.2 Å². The molecule has 0 aliphatic rings. The summed E-state index contributed by atoms with van der Waals surface area (Å²) >= 11 is 3.03. The second kappa shape index (κ2) is 3.53.